The summed E-state index contributed by atoms with van der Waals surface area (Å²) in [7, 11) is 2.86. The number of benzene rings is 2. The number of carbonyl (C=O) groups excluding carboxylic acids is 5. The molecule has 4 amide bonds. The van der Waals surface area contributed by atoms with E-state index in [2.05, 4.69) is 36.2 Å². The quantitative estimate of drug-likeness (QED) is 0.0292. The number of methoxy groups -OCH3 is 2. The second kappa shape index (κ2) is 39.4. The number of hydrogen-bond acceptors (Lipinski definition) is 27. The summed E-state index contributed by atoms with van der Waals surface area (Å²) in [6.45, 7) is 21.3. The van der Waals surface area contributed by atoms with Crippen LogP contribution in [0, 0.1) is 32.4 Å². The van der Waals surface area contributed by atoms with E-state index in [1.54, 1.807) is 72.9 Å². The number of rotatable bonds is 22. The number of ether oxygens (including phenoxy) is 6. The number of nitrogens with zero attached hydrogens (tertiary/aromatic N) is 9. The maximum Gasteiger partial charge on any atom is 0.329 e. The van der Waals surface area contributed by atoms with Gasteiger partial charge in [0.1, 0.15) is 46.9 Å². The van der Waals surface area contributed by atoms with Gasteiger partial charge < -0.3 is 85.4 Å². The first-order chi connectivity index (χ1) is 55.5. The standard InChI is InChI=1S/C29H34FN5O5S.C24H32N4O4S.C20H24N4O4S.C9H12FNO2/c1-16-14-31-29(32-20-5-8-40-9-6-20)34-26(16)25-13-22-24(41-25)4-7-35(28(22)38)17(2)27(37)33-23(15-36)18-10-19(30)12-21(11-18)39-3;1-14-13-25-23(26-16-7-10-31-11-8-16)27-20(14)19-12-17-18(33-19)6-9-28(21(17)29)15(2)22(30)32-24(3,4)5;1-11-10-21-20(22-13-4-7-28-8-5-13)23-17(11)16-9-14-15(29-16)3-6-24(18(14)25)12(2)19(26)27;1-13-8-3-6(9(11)5-12)2-7(10)4-8/h10-14,17,20,23,36H,4-9,15H2,1-3H3,(H,33,37)(H,31,32,34);12-13,15-16H,6-11H2,1-5H3,(H,25,26,27);9-10,12-13H,3-8H2,1-2H3,(H,26,27)(H,21,22,23);2-4,9,12H,5,11H2,1H3/t17-,23-;;;9-/m1..1/s1. The van der Waals surface area contributed by atoms with E-state index in [0.717, 1.165) is 128 Å². The predicted octanol–water partition coefficient (Wildman–Crippen LogP) is 10.7. The van der Waals surface area contributed by atoms with Crippen molar-refractivity contribution in [2.24, 2.45) is 5.73 Å². The molecule has 116 heavy (non-hydrogen) atoms. The number of nitrogens with one attached hydrogen (secondary N) is 4. The Morgan fingerprint density at radius 2 is 0.897 bits per heavy atom. The monoisotopic (exact) mass is 1660 g/mol. The van der Waals surface area contributed by atoms with Crippen molar-refractivity contribution in [1.29, 1.82) is 0 Å². The zero-order valence-corrected chi connectivity index (χ0v) is 69.5. The van der Waals surface area contributed by atoms with Gasteiger partial charge in [-0.25, -0.2) is 48.3 Å². The summed E-state index contributed by atoms with van der Waals surface area (Å²) in [4.78, 5) is 115. The van der Waals surface area contributed by atoms with Crippen LogP contribution in [0.15, 0.2) is 73.2 Å². The van der Waals surface area contributed by atoms with Crippen molar-refractivity contribution < 1.29 is 81.3 Å². The van der Waals surface area contributed by atoms with Gasteiger partial charge in [-0.15, -0.1) is 34.0 Å². The summed E-state index contributed by atoms with van der Waals surface area (Å²) in [6.07, 6.45) is 12.9. The summed E-state index contributed by atoms with van der Waals surface area (Å²) < 4.78 is 58.6. The summed E-state index contributed by atoms with van der Waals surface area (Å²) in [5.74, 6) is -0.981. The Hall–Kier alpha value is -9.78. The van der Waals surface area contributed by atoms with E-state index < -0.39 is 65.9 Å². The molecule has 0 radical (unpaired) electrons. The van der Waals surface area contributed by atoms with Gasteiger partial charge in [0.2, 0.25) is 23.8 Å². The first kappa shape index (κ1) is 87.1. The van der Waals surface area contributed by atoms with Crippen LogP contribution in [-0.2, 0) is 52.6 Å². The Balaban J connectivity index is 0.000000160. The van der Waals surface area contributed by atoms with Crippen LogP contribution in [0.3, 0.4) is 0 Å². The highest BCUT2D eigenvalue weighted by Gasteiger charge is 2.38. The average molecular weight is 1660 g/mol. The molecule has 14 rings (SSSR count). The normalized spacial score (nSPS) is 17.2. The number of amides is 4. The van der Waals surface area contributed by atoms with Crippen molar-refractivity contribution >= 4 is 87.4 Å². The number of aliphatic hydroxyl groups is 2. The van der Waals surface area contributed by atoms with E-state index in [-0.39, 0.29) is 42.1 Å². The molecule has 6 aliphatic heterocycles. The fourth-order valence-corrected chi connectivity index (χ4v) is 17.5. The van der Waals surface area contributed by atoms with Crippen molar-refractivity contribution in [1.82, 2.24) is 49.9 Å². The predicted molar refractivity (Wildman–Crippen MR) is 437 cm³/mol. The maximum atomic E-state index is 14.0. The molecule has 3 fully saturated rings. The van der Waals surface area contributed by atoms with Crippen molar-refractivity contribution in [2.75, 3.05) is 103 Å². The highest BCUT2D eigenvalue weighted by molar-refractivity contribution is 7.16. The second-order valence-corrected chi connectivity index (χ2v) is 33.5. The minimum absolute atomic E-state index is 0.135. The molecule has 0 saturated carbocycles. The van der Waals surface area contributed by atoms with Gasteiger partial charge in [-0.05, 0) is 171 Å². The van der Waals surface area contributed by atoms with E-state index in [4.69, 9.17) is 54.2 Å². The number of aromatic nitrogens is 6. The van der Waals surface area contributed by atoms with Crippen LogP contribution in [0.25, 0.3) is 31.7 Å². The molecule has 8 aromatic rings. The zero-order chi connectivity index (χ0) is 83.2. The average Bonchev–Trinajstić information content (AvgIpc) is 1.60. The number of nitrogens with two attached hydrogens (primary N) is 1. The largest absolute Gasteiger partial charge is 0.497 e. The Bertz CT molecular complexity index is 4810. The molecule has 3 saturated heterocycles. The Morgan fingerprint density at radius 3 is 1.24 bits per heavy atom. The molecular weight excluding hydrogens is 1560 g/mol. The molecule has 2 unspecified atom stereocenters. The van der Waals surface area contributed by atoms with E-state index in [1.165, 1.54) is 59.6 Å². The van der Waals surface area contributed by atoms with E-state index in [1.807, 2.05) is 65.9 Å². The lowest BCUT2D eigenvalue weighted by molar-refractivity contribution is -0.160. The van der Waals surface area contributed by atoms with Crippen LogP contribution in [0.5, 0.6) is 11.5 Å². The molecule has 29 nitrogen and oxygen atoms in total. The summed E-state index contributed by atoms with van der Waals surface area (Å²) in [5, 5.41) is 40.9. The molecule has 5 atom stereocenters. The molecular formula is C82H102F2N14O15S3. The third kappa shape index (κ3) is 21.9. The zero-order valence-electron chi connectivity index (χ0n) is 67.0. The van der Waals surface area contributed by atoms with Gasteiger partial charge in [0.25, 0.3) is 17.7 Å². The number of fused-ring (bicyclic) bond motifs is 3. The number of carbonyl (C=O) groups is 6. The highest BCUT2D eigenvalue weighted by Crippen LogP contribution is 2.40. The number of carboxylic acids is 1. The number of aryl methyl sites for hydroxylation is 3. The highest BCUT2D eigenvalue weighted by atomic mass is 32.1. The molecule has 6 aromatic heterocycles. The van der Waals surface area contributed by atoms with Gasteiger partial charge in [-0.2, -0.15) is 0 Å². The lowest BCUT2D eigenvalue weighted by Crippen LogP contribution is -2.51. The van der Waals surface area contributed by atoms with E-state index in [0.29, 0.717) is 116 Å². The molecule has 0 bridgehead atoms. The van der Waals surface area contributed by atoms with E-state index in [9.17, 15) is 47.8 Å². The smallest absolute Gasteiger partial charge is 0.329 e. The van der Waals surface area contributed by atoms with Gasteiger partial charge in [0.05, 0.1) is 87.9 Å². The van der Waals surface area contributed by atoms with Crippen molar-refractivity contribution in [3.8, 4) is 43.2 Å². The molecule has 34 heteroatoms. The van der Waals surface area contributed by atoms with Crippen molar-refractivity contribution in [3.05, 3.63) is 144 Å². The van der Waals surface area contributed by atoms with E-state index >= 15 is 0 Å². The van der Waals surface area contributed by atoms with Crippen molar-refractivity contribution in [2.45, 2.75) is 174 Å². The minimum atomic E-state index is -0.993. The van der Waals surface area contributed by atoms with Crippen LogP contribution in [-0.4, -0.2) is 224 Å². The number of halogens is 2. The third-order valence-corrected chi connectivity index (χ3v) is 24.2. The van der Waals surface area contributed by atoms with Crippen LogP contribution in [0.2, 0.25) is 0 Å². The molecule has 2 aromatic carbocycles. The molecule has 6 aliphatic rings. The van der Waals surface area contributed by atoms with Gasteiger partial charge in [0.15, 0.2) is 0 Å². The summed E-state index contributed by atoms with van der Waals surface area (Å²) >= 11 is 4.67. The number of anilines is 3. The molecule has 0 spiro atoms. The Labute approximate surface area is 684 Å². The molecule has 622 valence electrons. The molecule has 0 aliphatic carbocycles. The van der Waals surface area contributed by atoms with Crippen LogP contribution >= 0.6 is 34.0 Å². The SMILES string of the molecule is COc1cc(F)cc([C@@H](CO)NC(=O)[C@@H](C)N2CCc3sc(-c4nc(NC5CCOCC5)ncc4C)cc3C2=O)c1.COc1cc(F)cc([C@H](N)CO)c1.Cc1cnc(NC2CCOCC2)nc1-c1cc2c(s1)CCN(C(C)C(=O)O)C2=O.Cc1cnc(NC2CCOCC2)nc1-c1cc2c(s1)CCN(C(C)C(=O)OC(C)(C)C)C2=O. The van der Waals surface area contributed by atoms with Crippen LogP contribution in [0.1, 0.15) is 166 Å². The molecule has 9 N–H and O–H groups in total. The van der Waals surface area contributed by atoms with Crippen LogP contribution in [0.4, 0.5) is 26.6 Å². The Morgan fingerprint density at radius 1 is 0.543 bits per heavy atom. The van der Waals surface area contributed by atoms with Gasteiger partial charge >= 0.3 is 11.9 Å². The summed E-state index contributed by atoms with van der Waals surface area (Å²) in [6, 6.07) is 10.9. The minimum Gasteiger partial charge on any atom is -0.497 e. The fourth-order valence-electron chi connectivity index (χ4n) is 13.9. The Kier molecular flexibility index (Phi) is 29.6. The molecule has 12 heterocycles. The van der Waals surface area contributed by atoms with Gasteiger partial charge in [0, 0.05) is 142 Å². The number of aliphatic carboxylic acids is 1. The summed E-state index contributed by atoms with van der Waals surface area (Å²) in [5.41, 5.74) is 12.8. The lowest BCUT2D eigenvalue weighted by atomic mass is 10.0. The number of esters is 1. The fraction of sp³-hybridized carbons (Fsp3) is 0.488. The number of carboxylic acid groups (broad SMARTS) is 1. The van der Waals surface area contributed by atoms with Gasteiger partial charge in [-0.3, -0.25) is 19.2 Å². The maximum absolute atomic E-state index is 14.0. The lowest BCUT2D eigenvalue weighted by Gasteiger charge is -2.32. The first-order valence-electron chi connectivity index (χ1n) is 38.8. The van der Waals surface area contributed by atoms with Gasteiger partial charge in [-0.1, -0.05) is 0 Å². The van der Waals surface area contributed by atoms with Crippen LogP contribution < -0.4 is 36.5 Å². The van der Waals surface area contributed by atoms with Crippen molar-refractivity contribution in [3.63, 3.8) is 0 Å². The first-order valence-corrected chi connectivity index (χ1v) is 41.2. The number of hydrogen-bond donors (Lipinski definition) is 8. The topological polar surface area (TPSA) is 380 Å². The number of aliphatic hydroxyl groups excluding tert-OH is 2. The second-order valence-electron chi connectivity index (χ2n) is 30.1. The third-order valence-electron chi connectivity index (χ3n) is 20.6. The number of thiophene rings is 3.